The Morgan fingerprint density at radius 3 is 2.03 bits per heavy atom. The molecule has 0 aliphatic carbocycles. The number of phenols is 1. The number of carbonyl (C=O) groups excluding carboxylic acids is 1. The monoisotopic (exact) mass is 460 g/mol. The summed E-state index contributed by atoms with van der Waals surface area (Å²) in [6.45, 7) is 6.20. The third kappa shape index (κ3) is 12.6. The van der Waals surface area contributed by atoms with Gasteiger partial charge in [0, 0.05) is 19.3 Å². The number of phenolic OH excluding ortho intramolecular Hbond substituents is 1. The minimum Gasteiger partial charge on any atom is -0.508 e. The van der Waals surface area contributed by atoms with Crippen molar-refractivity contribution in [2.75, 3.05) is 0 Å². The van der Waals surface area contributed by atoms with E-state index in [0.717, 1.165) is 18.4 Å². The van der Waals surface area contributed by atoms with Crippen LogP contribution in [0.4, 0.5) is 0 Å². The summed E-state index contributed by atoms with van der Waals surface area (Å²) in [7, 11) is 0. The molecule has 1 saturated heterocycles. The summed E-state index contributed by atoms with van der Waals surface area (Å²) in [6, 6.07) is 7.09. The van der Waals surface area contributed by atoms with Crippen LogP contribution in [-0.4, -0.2) is 28.9 Å². The number of ketones is 1. The van der Waals surface area contributed by atoms with E-state index in [0.29, 0.717) is 19.3 Å². The molecule has 1 aliphatic heterocycles. The summed E-state index contributed by atoms with van der Waals surface area (Å²) >= 11 is 0. The lowest BCUT2D eigenvalue weighted by molar-refractivity contribution is -0.300. The van der Waals surface area contributed by atoms with Gasteiger partial charge in [0.25, 0.3) is 0 Å². The fourth-order valence-corrected chi connectivity index (χ4v) is 4.86. The zero-order chi connectivity index (χ0) is 23.9. The van der Waals surface area contributed by atoms with Crippen molar-refractivity contribution in [3.8, 4) is 5.75 Å². The van der Waals surface area contributed by atoms with Crippen molar-refractivity contribution >= 4 is 5.78 Å². The van der Waals surface area contributed by atoms with Gasteiger partial charge in [-0.1, -0.05) is 89.7 Å². The van der Waals surface area contributed by atoms with Crippen LogP contribution in [0.5, 0.6) is 5.75 Å². The fraction of sp³-hybridized carbons (Fsp3) is 0.759. The number of hydrogen-bond donors (Lipinski definition) is 1. The molecule has 2 atom stereocenters. The van der Waals surface area contributed by atoms with Gasteiger partial charge in [-0.15, -0.1) is 0 Å². The molecule has 1 aromatic rings. The lowest BCUT2D eigenvalue weighted by atomic mass is 9.97. The molecule has 1 heterocycles. The summed E-state index contributed by atoms with van der Waals surface area (Å²) in [4.78, 5) is 12.6. The molecule has 0 amide bonds. The highest BCUT2D eigenvalue weighted by Gasteiger charge is 2.35. The van der Waals surface area contributed by atoms with Crippen molar-refractivity contribution in [1.82, 2.24) is 0 Å². The summed E-state index contributed by atoms with van der Waals surface area (Å²) in [5.41, 5.74) is 1.07. The third-order valence-electron chi connectivity index (χ3n) is 6.64. The Morgan fingerprint density at radius 2 is 1.42 bits per heavy atom. The molecule has 1 aliphatic rings. The highest BCUT2D eigenvalue weighted by molar-refractivity contribution is 5.79. The Bertz CT molecular complexity index is 652. The van der Waals surface area contributed by atoms with Gasteiger partial charge in [0.2, 0.25) is 0 Å². The molecule has 2 unspecified atom stereocenters. The van der Waals surface area contributed by atoms with Crippen molar-refractivity contribution in [1.29, 1.82) is 0 Å². The lowest BCUT2D eigenvalue weighted by Gasteiger charge is -2.41. The largest absolute Gasteiger partial charge is 0.508 e. The average molecular weight is 461 g/mol. The number of aromatic hydroxyl groups is 1. The second kappa shape index (κ2) is 15.5. The zero-order valence-corrected chi connectivity index (χ0v) is 21.4. The number of ether oxygens (including phenoxy) is 2. The topological polar surface area (TPSA) is 55.8 Å². The maximum Gasteiger partial charge on any atom is 0.163 e. The van der Waals surface area contributed by atoms with E-state index in [1.165, 1.54) is 70.6 Å². The predicted molar refractivity (Wildman–Crippen MR) is 136 cm³/mol. The molecule has 0 saturated carbocycles. The van der Waals surface area contributed by atoms with E-state index < -0.39 is 5.79 Å². The Kier molecular flexibility index (Phi) is 13.1. The van der Waals surface area contributed by atoms with Crippen LogP contribution in [0, 0.1) is 0 Å². The molecule has 0 radical (unpaired) electrons. The van der Waals surface area contributed by atoms with Gasteiger partial charge in [0.1, 0.15) is 11.5 Å². The Labute approximate surface area is 202 Å². The zero-order valence-electron chi connectivity index (χ0n) is 21.4. The van der Waals surface area contributed by atoms with Crippen molar-refractivity contribution in [2.45, 2.75) is 141 Å². The molecular weight excluding hydrogens is 412 g/mol. The molecule has 33 heavy (non-hydrogen) atoms. The van der Waals surface area contributed by atoms with Gasteiger partial charge in [-0.3, -0.25) is 4.79 Å². The Balaban J connectivity index is 1.59. The van der Waals surface area contributed by atoms with Crippen molar-refractivity contribution in [2.24, 2.45) is 0 Å². The molecule has 188 valence electrons. The minimum absolute atomic E-state index is 0.0567. The van der Waals surface area contributed by atoms with Crippen LogP contribution in [0.3, 0.4) is 0 Å². The molecule has 1 N–H and O–H groups in total. The first kappa shape index (κ1) is 27.9. The van der Waals surface area contributed by atoms with Gasteiger partial charge < -0.3 is 14.6 Å². The first-order valence-electron chi connectivity index (χ1n) is 13.5. The van der Waals surface area contributed by atoms with E-state index in [4.69, 9.17) is 9.47 Å². The minimum atomic E-state index is -0.622. The van der Waals surface area contributed by atoms with Crippen LogP contribution < -0.4 is 0 Å². The van der Waals surface area contributed by atoms with Crippen molar-refractivity contribution in [3.63, 3.8) is 0 Å². The van der Waals surface area contributed by atoms with E-state index in [2.05, 4.69) is 6.92 Å². The smallest absolute Gasteiger partial charge is 0.163 e. The van der Waals surface area contributed by atoms with Crippen LogP contribution in [0.25, 0.3) is 0 Å². The van der Waals surface area contributed by atoms with Crippen molar-refractivity contribution < 1.29 is 19.4 Å². The highest BCUT2D eigenvalue weighted by atomic mass is 16.7. The second-order valence-electron chi connectivity index (χ2n) is 10.3. The van der Waals surface area contributed by atoms with Crippen LogP contribution >= 0.6 is 0 Å². The predicted octanol–water partition coefficient (Wildman–Crippen LogP) is 7.90. The van der Waals surface area contributed by atoms with Gasteiger partial charge in [-0.25, -0.2) is 0 Å². The van der Waals surface area contributed by atoms with E-state index in [1.54, 1.807) is 12.1 Å². The van der Waals surface area contributed by atoms with Gasteiger partial charge in [-0.05, 0) is 44.4 Å². The number of unbranched alkanes of at least 4 members (excludes halogenated alkanes) is 10. The molecular formula is C29H48O4. The number of aryl methyl sites for hydroxylation is 1. The van der Waals surface area contributed by atoms with Gasteiger partial charge in [-0.2, -0.15) is 0 Å². The maximum atomic E-state index is 12.6. The third-order valence-corrected chi connectivity index (χ3v) is 6.64. The fourth-order valence-electron chi connectivity index (χ4n) is 4.86. The maximum absolute atomic E-state index is 12.6. The number of hydrogen-bond acceptors (Lipinski definition) is 4. The van der Waals surface area contributed by atoms with Gasteiger partial charge in [0.05, 0.1) is 12.2 Å². The molecule has 0 aromatic heterocycles. The highest BCUT2D eigenvalue weighted by Crippen LogP contribution is 2.31. The van der Waals surface area contributed by atoms with Gasteiger partial charge >= 0.3 is 0 Å². The van der Waals surface area contributed by atoms with E-state index in [-0.39, 0.29) is 23.7 Å². The lowest BCUT2D eigenvalue weighted by Crippen LogP contribution is -2.45. The van der Waals surface area contributed by atoms with Crippen LogP contribution in [-0.2, 0) is 20.7 Å². The summed E-state index contributed by atoms with van der Waals surface area (Å²) in [6.07, 6.45) is 18.5. The Hall–Kier alpha value is -1.39. The number of rotatable bonds is 17. The van der Waals surface area contributed by atoms with E-state index in [9.17, 15) is 9.90 Å². The van der Waals surface area contributed by atoms with Gasteiger partial charge in [0.15, 0.2) is 5.79 Å². The van der Waals surface area contributed by atoms with Crippen LogP contribution in [0.1, 0.15) is 123 Å². The van der Waals surface area contributed by atoms with E-state index >= 15 is 0 Å². The summed E-state index contributed by atoms with van der Waals surface area (Å²) in [5.74, 6) is -0.131. The Morgan fingerprint density at radius 1 is 0.879 bits per heavy atom. The first-order valence-corrected chi connectivity index (χ1v) is 13.5. The molecule has 4 heteroatoms. The second-order valence-corrected chi connectivity index (χ2v) is 10.3. The molecule has 4 nitrogen and oxygen atoms in total. The number of Topliss-reactive ketones (excluding diaryl/α,β-unsaturated/α-hetero) is 1. The average Bonchev–Trinajstić information content (AvgIpc) is 2.76. The molecule has 1 fully saturated rings. The standard InChI is InChI=1S/C29H48O4/c1-4-5-6-7-8-9-10-11-12-13-14-15-27-23-28(33-29(2,3)32-27)22-26(31)21-18-24-16-19-25(30)20-17-24/h16-17,19-20,27-28,30H,4-15,18,21-23H2,1-3H3. The van der Waals surface area contributed by atoms with E-state index in [1.807, 2.05) is 26.0 Å². The molecule has 0 spiro atoms. The molecule has 0 bridgehead atoms. The first-order chi connectivity index (χ1) is 15.9. The number of carbonyl (C=O) groups is 1. The van der Waals surface area contributed by atoms with Crippen LogP contribution in [0.2, 0.25) is 0 Å². The summed E-state index contributed by atoms with van der Waals surface area (Å²) in [5, 5.41) is 9.39. The quantitative estimate of drug-likeness (QED) is 0.240. The summed E-state index contributed by atoms with van der Waals surface area (Å²) < 4.78 is 12.2. The normalized spacial score (nSPS) is 20.1. The number of benzene rings is 1. The molecule has 2 rings (SSSR count). The van der Waals surface area contributed by atoms with Crippen LogP contribution in [0.15, 0.2) is 24.3 Å². The SMILES string of the molecule is CCCCCCCCCCCCCC1CC(CC(=O)CCc2ccc(O)cc2)OC(C)(C)O1. The van der Waals surface area contributed by atoms with Crippen molar-refractivity contribution in [3.05, 3.63) is 29.8 Å². The molecule has 1 aromatic carbocycles.